The highest BCUT2D eigenvalue weighted by Gasteiger charge is 2.26. The molecule has 1 aromatic heterocycles. The van der Waals surface area contributed by atoms with Crippen LogP contribution in [0, 0.1) is 5.82 Å². The molecule has 4 aromatic rings. The van der Waals surface area contributed by atoms with Gasteiger partial charge in [-0.15, -0.1) is 5.11 Å². The van der Waals surface area contributed by atoms with E-state index in [0.717, 1.165) is 13.1 Å². The van der Waals surface area contributed by atoms with Crippen LogP contribution < -0.4 is 0 Å². The molecule has 0 amide bonds. The lowest BCUT2D eigenvalue weighted by Gasteiger charge is -2.38. The summed E-state index contributed by atoms with van der Waals surface area (Å²) in [4.78, 5) is 17.9. The van der Waals surface area contributed by atoms with Gasteiger partial charge < -0.3 is 9.72 Å². The predicted molar refractivity (Wildman–Crippen MR) is 137 cm³/mol. The molecule has 0 radical (unpaired) electrons. The van der Waals surface area contributed by atoms with Crippen LogP contribution in [-0.4, -0.2) is 53.6 Å². The monoisotopic (exact) mass is 485 g/mol. The van der Waals surface area contributed by atoms with E-state index in [1.165, 1.54) is 23.3 Å². The van der Waals surface area contributed by atoms with Crippen molar-refractivity contribution in [2.24, 2.45) is 10.3 Å². The predicted octanol–water partition coefficient (Wildman–Crippen LogP) is 5.89. The van der Waals surface area contributed by atoms with Crippen LogP contribution >= 0.6 is 0 Å². The number of H-pyrrole nitrogens is 1. The molecule has 184 valence electrons. The van der Waals surface area contributed by atoms with Gasteiger partial charge in [0, 0.05) is 24.0 Å². The zero-order chi connectivity index (χ0) is 24.9. The third kappa shape index (κ3) is 4.99. The summed E-state index contributed by atoms with van der Waals surface area (Å²) < 4.78 is 19.1. The van der Waals surface area contributed by atoms with Crippen LogP contribution in [0.3, 0.4) is 0 Å². The van der Waals surface area contributed by atoms with E-state index in [1.807, 2.05) is 17.1 Å². The van der Waals surface area contributed by atoms with Crippen molar-refractivity contribution in [3.05, 3.63) is 102 Å². The summed E-state index contributed by atoms with van der Waals surface area (Å²) in [6, 6.07) is 25.4. The second kappa shape index (κ2) is 10.7. The van der Waals surface area contributed by atoms with E-state index in [9.17, 15) is 9.18 Å². The highest BCUT2D eigenvalue weighted by atomic mass is 19.1. The Morgan fingerprint density at radius 2 is 1.61 bits per heavy atom. The number of fused-ring (bicyclic) bond motifs is 1. The Kier molecular flexibility index (Phi) is 7.04. The summed E-state index contributed by atoms with van der Waals surface area (Å²) in [5.74, 6) is -0.948. The molecule has 1 N–H and O–H groups in total. The number of piperazine rings is 1. The van der Waals surface area contributed by atoms with Gasteiger partial charge in [0.15, 0.2) is 5.69 Å². The first-order valence-corrected chi connectivity index (χ1v) is 12.1. The molecule has 0 bridgehead atoms. The first-order valence-electron chi connectivity index (χ1n) is 12.1. The molecule has 0 atom stereocenters. The van der Waals surface area contributed by atoms with Crippen LogP contribution in [0.2, 0.25) is 0 Å². The van der Waals surface area contributed by atoms with Gasteiger partial charge in [-0.25, -0.2) is 9.18 Å². The quantitative estimate of drug-likeness (QED) is 0.262. The zero-order valence-corrected chi connectivity index (χ0v) is 20.1. The fraction of sp³-hybridized carbons (Fsp3) is 0.250. The highest BCUT2D eigenvalue weighted by molar-refractivity contribution is 6.04. The van der Waals surface area contributed by atoms with Gasteiger partial charge in [-0.1, -0.05) is 65.9 Å². The summed E-state index contributed by atoms with van der Waals surface area (Å²) in [6.45, 7) is 4.89. The average molecular weight is 486 g/mol. The minimum Gasteiger partial charge on any atom is -0.461 e. The molecule has 1 aliphatic rings. The van der Waals surface area contributed by atoms with Crippen LogP contribution in [-0.2, 0) is 4.74 Å². The molecule has 8 heteroatoms. The number of nitrogens with one attached hydrogen (secondary N) is 1. The number of esters is 1. The van der Waals surface area contributed by atoms with E-state index in [-0.39, 0.29) is 24.0 Å². The molecule has 1 fully saturated rings. The maximum atomic E-state index is 14.0. The lowest BCUT2D eigenvalue weighted by Crippen LogP contribution is -2.45. The number of benzene rings is 3. The Balaban J connectivity index is 1.35. The Labute approximate surface area is 209 Å². The van der Waals surface area contributed by atoms with Crippen molar-refractivity contribution in [3.63, 3.8) is 0 Å². The molecule has 7 nitrogen and oxygen atoms in total. The highest BCUT2D eigenvalue weighted by Crippen LogP contribution is 2.33. The molecule has 2 heterocycles. The van der Waals surface area contributed by atoms with Gasteiger partial charge in [0.1, 0.15) is 11.5 Å². The van der Waals surface area contributed by atoms with Crippen molar-refractivity contribution < 1.29 is 13.9 Å². The molecule has 1 saturated heterocycles. The van der Waals surface area contributed by atoms with Crippen molar-refractivity contribution in [2.75, 3.05) is 32.8 Å². The van der Waals surface area contributed by atoms with Gasteiger partial charge in [-0.3, -0.25) is 9.91 Å². The molecule has 0 spiro atoms. The number of aromatic amines is 1. The van der Waals surface area contributed by atoms with Crippen LogP contribution in [0.1, 0.15) is 34.6 Å². The molecule has 5 rings (SSSR count). The van der Waals surface area contributed by atoms with Crippen molar-refractivity contribution >= 4 is 22.6 Å². The SMILES string of the molecule is CCOC(=O)c1[nH]c2ccc(F)cc2c1N=NN1CCN(C(c2ccccc2)c2ccccc2)CC1. The van der Waals surface area contributed by atoms with E-state index in [2.05, 4.69) is 68.8 Å². The maximum Gasteiger partial charge on any atom is 0.357 e. The molecule has 1 aliphatic heterocycles. The van der Waals surface area contributed by atoms with Gasteiger partial charge in [0.2, 0.25) is 0 Å². The Morgan fingerprint density at radius 1 is 0.972 bits per heavy atom. The maximum absolute atomic E-state index is 14.0. The number of ether oxygens (including phenoxy) is 1. The Bertz CT molecular complexity index is 1310. The van der Waals surface area contributed by atoms with Gasteiger partial charge in [0.25, 0.3) is 0 Å². The average Bonchev–Trinajstić information content (AvgIpc) is 3.27. The summed E-state index contributed by atoms with van der Waals surface area (Å²) in [6.07, 6.45) is 0. The summed E-state index contributed by atoms with van der Waals surface area (Å²) in [7, 11) is 0. The van der Waals surface area contributed by atoms with Gasteiger partial charge in [-0.05, 0) is 36.2 Å². The second-order valence-corrected chi connectivity index (χ2v) is 8.66. The van der Waals surface area contributed by atoms with Crippen LogP contribution in [0.5, 0.6) is 0 Å². The number of carbonyl (C=O) groups is 1. The largest absolute Gasteiger partial charge is 0.461 e. The summed E-state index contributed by atoms with van der Waals surface area (Å²) in [5, 5.41) is 11.2. The lowest BCUT2D eigenvalue weighted by atomic mass is 9.96. The number of aromatic nitrogens is 1. The number of rotatable bonds is 7. The van der Waals surface area contributed by atoms with Crippen molar-refractivity contribution in [2.45, 2.75) is 13.0 Å². The van der Waals surface area contributed by atoms with Crippen LogP contribution in [0.15, 0.2) is 89.2 Å². The number of carbonyl (C=O) groups excluding carboxylic acids is 1. The first-order chi connectivity index (χ1) is 17.6. The number of hydrogen-bond donors (Lipinski definition) is 1. The minimum absolute atomic E-state index is 0.151. The number of hydrogen-bond acceptors (Lipinski definition) is 5. The topological polar surface area (TPSA) is 73.3 Å². The molecular formula is C28H28FN5O2. The zero-order valence-electron chi connectivity index (χ0n) is 20.1. The Hall–Kier alpha value is -4.04. The third-order valence-electron chi connectivity index (χ3n) is 6.37. The molecule has 0 saturated carbocycles. The first kappa shape index (κ1) is 23.7. The van der Waals surface area contributed by atoms with Gasteiger partial charge in [-0.2, -0.15) is 0 Å². The summed E-state index contributed by atoms with van der Waals surface area (Å²) in [5.41, 5.74) is 3.56. The number of nitrogens with zero attached hydrogens (tertiary/aromatic N) is 4. The van der Waals surface area contributed by atoms with Crippen LogP contribution in [0.25, 0.3) is 10.9 Å². The molecular weight excluding hydrogens is 457 g/mol. The van der Waals surface area contributed by atoms with Gasteiger partial charge >= 0.3 is 5.97 Å². The molecule has 3 aromatic carbocycles. The van der Waals surface area contributed by atoms with E-state index in [1.54, 1.807) is 13.0 Å². The molecule has 0 aliphatic carbocycles. The fourth-order valence-electron chi connectivity index (χ4n) is 4.66. The number of halogens is 1. The van der Waals surface area contributed by atoms with E-state index >= 15 is 0 Å². The Morgan fingerprint density at radius 3 is 2.22 bits per heavy atom. The van der Waals surface area contributed by atoms with Crippen molar-refractivity contribution in [1.29, 1.82) is 0 Å². The normalized spacial score (nSPS) is 14.7. The van der Waals surface area contributed by atoms with Gasteiger partial charge in [0.05, 0.1) is 25.7 Å². The fourth-order valence-corrected chi connectivity index (χ4v) is 4.66. The van der Waals surface area contributed by atoms with E-state index in [4.69, 9.17) is 4.74 Å². The van der Waals surface area contributed by atoms with Crippen LogP contribution in [0.4, 0.5) is 10.1 Å². The third-order valence-corrected chi connectivity index (χ3v) is 6.37. The van der Waals surface area contributed by atoms with E-state index < -0.39 is 11.8 Å². The minimum atomic E-state index is -0.540. The van der Waals surface area contributed by atoms with Crippen molar-refractivity contribution in [3.8, 4) is 0 Å². The standard InChI is InChI=1S/C28H28FN5O2/c1-2-36-28(35)26-25(23-19-22(29)13-14-24(23)30-26)31-32-34-17-15-33(16-18-34)27(20-9-5-3-6-10-20)21-11-7-4-8-12-21/h3-14,19,27,30H,2,15-18H2,1H3. The second-order valence-electron chi connectivity index (χ2n) is 8.66. The lowest BCUT2D eigenvalue weighted by molar-refractivity contribution is 0.0521. The smallest absolute Gasteiger partial charge is 0.357 e. The van der Waals surface area contributed by atoms with E-state index in [0.29, 0.717) is 24.0 Å². The molecule has 0 unspecified atom stereocenters. The van der Waals surface area contributed by atoms with Crippen molar-refractivity contribution in [1.82, 2.24) is 14.9 Å². The summed E-state index contributed by atoms with van der Waals surface area (Å²) >= 11 is 0. The molecule has 36 heavy (non-hydrogen) atoms.